The molecule has 28 heavy (non-hydrogen) atoms. The lowest BCUT2D eigenvalue weighted by molar-refractivity contribution is 0.0995. The normalized spacial score (nSPS) is 15.5. The zero-order chi connectivity index (χ0) is 19.5. The van der Waals surface area contributed by atoms with E-state index < -0.39 is 5.91 Å². The summed E-state index contributed by atoms with van der Waals surface area (Å²) in [5.41, 5.74) is 1.56. The van der Waals surface area contributed by atoms with Crippen molar-refractivity contribution in [2.45, 2.75) is 25.9 Å². The lowest BCUT2D eigenvalue weighted by Crippen LogP contribution is -2.31. The Morgan fingerprint density at radius 3 is 2.64 bits per heavy atom. The number of aromatic hydroxyl groups is 1. The van der Waals surface area contributed by atoms with Crippen LogP contribution in [0.4, 0.5) is 5.69 Å². The molecule has 1 fully saturated rings. The number of fused-ring (bicyclic) bond motifs is 1. The number of hydrogen-bond acceptors (Lipinski definition) is 5. The van der Waals surface area contributed by atoms with E-state index in [0.29, 0.717) is 17.9 Å². The monoisotopic (exact) mass is 441 g/mol. The number of benzene rings is 1. The molecule has 0 unspecified atom stereocenters. The van der Waals surface area contributed by atoms with Crippen LogP contribution in [0.2, 0.25) is 0 Å². The van der Waals surface area contributed by atoms with Gasteiger partial charge in [0.1, 0.15) is 0 Å². The summed E-state index contributed by atoms with van der Waals surface area (Å²) >= 11 is 3.47. The molecular formula is C20H20BrN5O2. The van der Waals surface area contributed by atoms with Crippen molar-refractivity contribution in [1.29, 1.82) is 0 Å². The largest absolute Gasteiger partial charge is 0.493 e. The molecule has 3 aromatic rings. The van der Waals surface area contributed by atoms with Crippen molar-refractivity contribution in [2.75, 3.05) is 13.1 Å². The van der Waals surface area contributed by atoms with Crippen molar-refractivity contribution in [3.8, 4) is 5.88 Å². The number of likely N-dealkylation sites (tertiary alicyclic amines) is 1. The molecule has 4 rings (SSSR count). The zero-order valence-corrected chi connectivity index (χ0v) is 16.8. The molecule has 144 valence electrons. The van der Waals surface area contributed by atoms with Crippen molar-refractivity contribution in [3.05, 3.63) is 52.8 Å². The molecule has 1 N–H and O–H groups in total. The highest BCUT2D eigenvalue weighted by molar-refractivity contribution is 9.10. The lowest BCUT2D eigenvalue weighted by Gasteiger charge is -2.27. The SMILES string of the molecule is O=C(N=Nc1c(O)n(CN2CCCCC2)c2ccc(Br)cc12)c1ccncc1. The highest BCUT2D eigenvalue weighted by atomic mass is 79.9. The zero-order valence-electron chi connectivity index (χ0n) is 15.3. The van der Waals surface area contributed by atoms with Crippen LogP contribution in [0.15, 0.2) is 57.4 Å². The van der Waals surface area contributed by atoms with Crippen LogP contribution in [0.3, 0.4) is 0 Å². The molecule has 1 saturated heterocycles. The summed E-state index contributed by atoms with van der Waals surface area (Å²) in [7, 11) is 0. The second-order valence-corrected chi connectivity index (χ2v) is 7.74. The van der Waals surface area contributed by atoms with E-state index in [1.807, 2.05) is 22.8 Å². The van der Waals surface area contributed by atoms with Gasteiger partial charge in [0, 0.05) is 27.8 Å². The van der Waals surface area contributed by atoms with E-state index in [1.54, 1.807) is 12.1 Å². The second kappa shape index (κ2) is 8.20. The van der Waals surface area contributed by atoms with Crippen LogP contribution in [0.5, 0.6) is 5.88 Å². The van der Waals surface area contributed by atoms with Gasteiger partial charge in [-0.25, -0.2) is 0 Å². The Morgan fingerprint density at radius 2 is 1.89 bits per heavy atom. The van der Waals surface area contributed by atoms with Crippen LogP contribution < -0.4 is 0 Å². The number of pyridine rings is 1. The van der Waals surface area contributed by atoms with Crippen LogP contribution in [-0.4, -0.2) is 38.6 Å². The Morgan fingerprint density at radius 1 is 1.14 bits per heavy atom. The molecule has 0 radical (unpaired) electrons. The highest BCUT2D eigenvalue weighted by Gasteiger charge is 2.20. The van der Waals surface area contributed by atoms with Gasteiger partial charge in [-0.2, -0.15) is 0 Å². The number of rotatable bonds is 4. The first-order valence-corrected chi connectivity index (χ1v) is 10.0. The van der Waals surface area contributed by atoms with Gasteiger partial charge in [-0.15, -0.1) is 10.2 Å². The standard InChI is InChI=1S/C20H20BrN5O2/c21-15-4-5-17-16(12-15)18(23-24-19(27)14-6-8-22-9-7-14)20(28)26(17)13-25-10-2-1-3-11-25/h4-9,12,28H,1-3,10-11,13H2. The van der Waals surface area contributed by atoms with Gasteiger partial charge in [-0.05, 0) is 56.3 Å². The predicted octanol–water partition coefficient (Wildman–Crippen LogP) is 4.87. The summed E-state index contributed by atoms with van der Waals surface area (Å²) in [6.07, 6.45) is 6.64. The fourth-order valence-corrected chi connectivity index (χ4v) is 3.85. The van der Waals surface area contributed by atoms with E-state index in [1.165, 1.54) is 31.7 Å². The van der Waals surface area contributed by atoms with Gasteiger partial charge >= 0.3 is 0 Å². The molecule has 0 spiro atoms. The molecule has 1 aromatic carbocycles. The number of halogens is 1. The van der Waals surface area contributed by atoms with Crippen molar-refractivity contribution in [1.82, 2.24) is 14.5 Å². The van der Waals surface area contributed by atoms with Crippen molar-refractivity contribution >= 4 is 38.4 Å². The van der Waals surface area contributed by atoms with Gasteiger partial charge in [-0.3, -0.25) is 19.2 Å². The lowest BCUT2D eigenvalue weighted by atomic mass is 10.1. The fraction of sp³-hybridized carbons (Fsp3) is 0.300. The third kappa shape index (κ3) is 3.83. The minimum atomic E-state index is -0.478. The third-order valence-corrected chi connectivity index (χ3v) is 5.42. The molecule has 1 aliphatic rings. The Hall–Kier alpha value is -2.58. The number of piperidine rings is 1. The van der Waals surface area contributed by atoms with Crippen molar-refractivity contribution in [3.63, 3.8) is 0 Å². The molecule has 0 aliphatic carbocycles. The topological polar surface area (TPSA) is 83.1 Å². The minimum Gasteiger partial charge on any atom is -0.493 e. The molecule has 2 aromatic heterocycles. The summed E-state index contributed by atoms with van der Waals surface area (Å²) < 4.78 is 2.70. The van der Waals surface area contributed by atoms with E-state index in [-0.39, 0.29) is 5.88 Å². The van der Waals surface area contributed by atoms with Crippen molar-refractivity contribution in [2.24, 2.45) is 10.2 Å². The van der Waals surface area contributed by atoms with E-state index in [0.717, 1.165) is 28.5 Å². The molecule has 1 aliphatic heterocycles. The molecular weight excluding hydrogens is 422 g/mol. The molecule has 1 amide bonds. The first-order chi connectivity index (χ1) is 13.6. The van der Waals surface area contributed by atoms with Gasteiger partial charge in [0.05, 0.1) is 12.2 Å². The molecule has 0 saturated carbocycles. The molecule has 0 atom stereocenters. The summed E-state index contributed by atoms with van der Waals surface area (Å²) in [6.45, 7) is 2.60. The van der Waals surface area contributed by atoms with Gasteiger partial charge in [0.25, 0.3) is 5.91 Å². The summed E-state index contributed by atoms with van der Waals surface area (Å²) in [5, 5.41) is 19.5. The fourth-order valence-electron chi connectivity index (χ4n) is 3.49. The second-order valence-electron chi connectivity index (χ2n) is 6.82. The van der Waals surface area contributed by atoms with E-state index in [9.17, 15) is 9.90 Å². The maximum Gasteiger partial charge on any atom is 0.295 e. The number of hydrogen-bond donors (Lipinski definition) is 1. The van der Waals surface area contributed by atoms with Crippen molar-refractivity contribution < 1.29 is 9.90 Å². The molecule has 8 heteroatoms. The number of carbonyl (C=O) groups is 1. The first kappa shape index (κ1) is 18.8. The number of azo groups is 1. The molecule has 7 nitrogen and oxygen atoms in total. The van der Waals surface area contributed by atoms with Gasteiger partial charge < -0.3 is 5.11 Å². The van der Waals surface area contributed by atoms with Crippen LogP contribution in [0, 0.1) is 0 Å². The van der Waals surface area contributed by atoms with Crippen LogP contribution in [0.25, 0.3) is 10.9 Å². The van der Waals surface area contributed by atoms with E-state index in [2.05, 4.69) is 36.0 Å². The number of nitrogens with zero attached hydrogens (tertiary/aromatic N) is 5. The average Bonchev–Trinajstić information content (AvgIpc) is 2.98. The highest BCUT2D eigenvalue weighted by Crippen LogP contribution is 2.40. The third-order valence-electron chi connectivity index (χ3n) is 4.93. The smallest absolute Gasteiger partial charge is 0.295 e. The van der Waals surface area contributed by atoms with Gasteiger partial charge in [0.15, 0.2) is 5.69 Å². The number of aromatic nitrogens is 2. The van der Waals surface area contributed by atoms with E-state index in [4.69, 9.17) is 0 Å². The Bertz CT molecular complexity index is 1030. The van der Waals surface area contributed by atoms with Crippen LogP contribution >= 0.6 is 15.9 Å². The average molecular weight is 442 g/mol. The minimum absolute atomic E-state index is 0.0185. The summed E-state index contributed by atoms with van der Waals surface area (Å²) in [6, 6.07) is 8.91. The summed E-state index contributed by atoms with van der Waals surface area (Å²) in [5.74, 6) is -0.460. The van der Waals surface area contributed by atoms with E-state index >= 15 is 0 Å². The summed E-state index contributed by atoms with van der Waals surface area (Å²) in [4.78, 5) is 18.5. The number of amides is 1. The van der Waals surface area contributed by atoms with Gasteiger partial charge in [-0.1, -0.05) is 22.4 Å². The van der Waals surface area contributed by atoms with Gasteiger partial charge in [0.2, 0.25) is 5.88 Å². The molecule has 0 bridgehead atoms. The van der Waals surface area contributed by atoms with Crippen LogP contribution in [0.1, 0.15) is 29.6 Å². The maximum atomic E-state index is 12.3. The first-order valence-electron chi connectivity index (χ1n) is 9.22. The Kier molecular flexibility index (Phi) is 5.50. The quantitative estimate of drug-likeness (QED) is 0.585. The predicted molar refractivity (Wildman–Crippen MR) is 110 cm³/mol. The maximum absolute atomic E-state index is 12.3. The molecule has 3 heterocycles. The van der Waals surface area contributed by atoms with Crippen LogP contribution in [-0.2, 0) is 6.67 Å². The Balaban J connectivity index is 1.71. The number of carbonyl (C=O) groups excluding carboxylic acids is 1. The Labute approximate surface area is 170 Å².